The smallest absolute Gasteiger partial charge is 0.0362 e. The van der Waals surface area contributed by atoms with Crippen molar-refractivity contribution in [2.75, 3.05) is 0 Å². The van der Waals surface area contributed by atoms with Gasteiger partial charge in [0.2, 0.25) is 0 Å². The van der Waals surface area contributed by atoms with E-state index in [1.165, 1.54) is 116 Å². The Labute approximate surface area is 320 Å². The summed E-state index contributed by atoms with van der Waals surface area (Å²) < 4.78 is 5.40. The van der Waals surface area contributed by atoms with Crippen LogP contribution in [0.4, 0.5) is 0 Å². The molecular weight excluding hydrogens is 689 g/mol. The van der Waals surface area contributed by atoms with Crippen molar-refractivity contribution < 1.29 is 0 Å². The average Bonchev–Trinajstić information content (AvgIpc) is 3.79. The molecule has 0 aliphatic heterocycles. The Morgan fingerprint density at radius 2 is 0.907 bits per heavy atom. The SMILES string of the molecule is C1=c2c(-c3cccc(-c4ccc5sc6cc7c(ccc8sc9ccccc9c87)cc6c5c4)c3)c3ccccc3c(-c3ccc4ccccc4c3)c2=CCC1. The molecule has 0 atom stereocenters. The van der Waals surface area contributed by atoms with Gasteiger partial charge in [0.15, 0.2) is 0 Å². The van der Waals surface area contributed by atoms with Crippen molar-refractivity contribution in [2.45, 2.75) is 12.8 Å². The molecule has 0 nitrogen and oxygen atoms in total. The van der Waals surface area contributed by atoms with Gasteiger partial charge in [-0.25, -0.2) is 0 Å². The van der Waals surface area contributed by atoms with Crippen molar-refractivity contribution in [3.8, 4) is 33.4 Å². The van der Waals surface area contributed by atoms with Gasteiger partial charge in [-0.1, -0.05) is 121 Å². The van der Waals surface area contributed by atoms with Gasteiger partial charge in [-0.05, 0) is 138 Å². The van der Waals surface area contributed by atoms with E-state index < -0.39 is 0 Å². The fourth-order valence-electron chi connectivity index (χ4n) is 9.18. The van der Waals surface area contributed by atoms with Gasteiger partial charge in [-0.2, -0.15) is 0 Å². The summed E-state index contributed by atoms with van der Waals surface area (Å²) in [4.78, 5) is 0. The van der Waals surface area contributed by atoms with Gasteiger partial charge >= 0.3 is 0 Å². The van der Waals surface area contributed by atoms with Crippen molar-refractivity contribution in [3.05, 3.63) is 168 Å². The van der Waals surface area contributed by atoms with E-state index in [0.717, 1.165) is 12.8 Å². The highest BCUT2D eigenvalue weighted by atomic mass is 32.1. The van der Waals surface area contributed by atoms with Crippen LogP contribution in [-0.2, 0) is 0 Å². The minimum atomic E-state index is 1.06. The molecule has 0 saturated carbocycles. The molecule has 54 heavy (non-hydrogen) atoms. The monoisotopic (exact) mass is 720 g/mol. The first kappa shape index (κ1) is 30.4. The summed E-state index contributed by atoms with van der Waals surface area (Å²) in [5, 5.41) is 16.0. The second-order valence-corrected chi connectivity index (χ2v) is 16.8. The summed E-state index contributed by atoms with van der Waals surface area (Å²) in [6.07, 6.45) is 7.07. The van der Waals surface area contributed by atoms with Gasteiger partial charge < -0.3 is 0 Å². The lowest BCUT2D eigenvalue weighted by atomic mass is 9.85. The molecule has 252 valence electrons. The van der Waals surface area contributed by atoms with E-state index in [1.54, 1.807) is 0 Å². The summed E-state index contributed by atoms with van der Waals surface area (Å²) in [5.74, 6) is 0. The molecule has 0 unspecified atom stereocenters. The Morgan fingerprint density at radius 3 is 1.74 bits per heavy atom. The molecule has 0 spiro atoms. The number of thiophene rings is 2. The topological polar surface area (TPSA) is 0 Å². The van der Waals surface area contributed by atoms with Crippen LogP contribution in [0.2, 0.25) is 0 Å². The second-order valence-electron chi connectivity index (χ2n) is 14.7. The van der Waals surface area contributed by atoms with Crippen molar-refractivity contribution in [1.29, 1.82) is 0 Å². The summed E-state index contributed by atoms with van der Waals surface area (Å²) >= 11 is 3.80. The Balaban J connectivity index is 1.03. The van der Waals surface area contributed by atoms with Gasteiger partial charge in [0.1, 0.15) is 0 Å². The number of hydrogen-bond acceptors (Lipinski definition) is 2. The van der Waals surface area contributed by atoms with Crippen LogP contribution >= 0.6 is 22.7 Å². The van der Waals surface area contributed by atoms with Crippen LogP contribution in [0.25, 0.3) is 118 Å². The van der Waals surface area contributed by atoms with E-state index in [4.69, 9.17) is 0 Å². The first-order valence-corrected chi connectivity index (χ1v) is 20.4. The number of benzene rings is 9. The molecule has 1 aliphatic rings. The molecule has 11 aromatic rings. The first-order chi connectivity index (χ1) is 26.7. The van der Waals surface area contributed by atoms with E-state index in [1.807, 2.05) is 22.7 Å². The Hall–Kier alpha value is -6.06. The quantitative estimate of drug-likeness (QED) is 0.170. The summed E-state index contributed by atoms with van der Waals surface area (Å²) in [6, 6.07) is 59.3. The van der Waals surface area contributed by atoms with Gasteiger partial charge in [0.05, 0.1) is 0 Å². The Bertz CT molecular complexity index is 3500. The molecule has 0 radical (unpaired) electrons. The van der Waals surface area contributed by atoms with E-state index in [0.29, 0.717) is 0 Å². The van der Waals surface area contributed by atoms with Crippen LogP contribution in [0.5, 0.6) is 0 Å². The summed E-state index contributed by atoms with van der Waals surface area (Å²) in [5.41, 5.74) is 7.73. The molecule has 0 fully saturated rings. The summed E-state index contributed by atoms with van der Waals surface area (Å²) in [7, 11) is 0. The minimum Gasteiger partial charge on any atom is -0.135 e. The molecule has 2 aromatic heterocycles. The lowest BCUT2D eigenvalue weighted by Gasteiger charge is -2.18. The Morgan fingerprint density at radius 1 is 0.315 bits per heavy atom. The number of hydrogen-bond donors (Lipinski definition) is 0. The maximum absolute atomic E-state index is 2.48. The van der Waals surface area contributed by atoms with Crippen LogP contribution in [0, 0.1) is 0 Å². The number of rotatable bonds is 3. The molecule has 12 rings (SSSR count). The van der Waals surface area contributed by atoms with Crippen LogP contribution in [0.15, 0.2) is 158 Å². The van der Waals surface area contributed by atoms with Crippen molar-refractivity contribution in [3.63, 3.8) is 0 Å². The second kappa shape index (κ2) is 11.7. The molecule has 2 heterocycles. The van der Waals surface area contributed by atoms with E-state index in [9.17, 15) is 0 Å². The third-order valence-corrected chi connectivity index (χ3v) is 13.9. The molecule has 2 heteroatoms. The largest absolute Gasteiger partial charge is 0.135 e. The van der Waals surface area contributed by atoms with E-state index in [-0.39, 0.29) is 0 Å². The highest BCUT2D eigenvalue weighted by Crippen LogP contribution is 2.44. The highest BCUT2D eigenvalue weighted by Gasteiger charge is 2.18. The molecule has 0 saturated heterocycles. The minimum absolute atomic E-state index is 1.06. The van der Waals surface area contributed by atoms with Crippen LogP contribution < -0.4 is 10.4 Å². The van der Waals surface area contributed by atoms with Crippen molar-refractivity contribution >= 4 is 107 Å². The zero-order valence-electron chi connectivity index (χ0n) is 29.4. The van der Waals surface area contributed by atoms with Gasteiger partial charge in [-0.15, -0.1) is 22.7 Å². The van der Waals surface area contributed by atoms with Gasteiger partial charge in [-0.3, -0.25) is 0 Å². The first-order valence-electron chi connectivity index (χ1n) is 18.8. The third-order valence-electron chi connectivity index (χ3n) is 11.6. The predicted molar refractivity (Wildman–Crippen MR) is 238 cm³/mol. The lowest BCUT2D eigenvalue weighted by molar-refractivity contribution is 1.12. The fraction of sp³-hybridized carbons (Fsp3) is 0.0385. The molecule has 0 bridgehead atoms. The van der Waals surface area contributed by atoms with Crippen LogP contribution in [0.1, 0.15) is 12.8 Å². The fourth-order valence-corrected chi connectivity index (χ4v) is 11.4. The normalized spacial score (nSPS) is 13.0. The molecule has 1 aliphatic carbocycles. The molecule has 9 aromatic carbocycles. The average molecular weight is 721 g/mol. The lowest BCUT2D eigenvalue weighted by Crippen LogP contribution is -2.31. The van der Waals surface area contributed by atoms with Gasteiger partial charge in [0.25, 0.3) is 0 Å². The van der Waals surface area contributed by atoms with E-state index in [2.05, 4.69) is 170 Å². The van der Waals surface area contributed by atoms with Gasteiger partial charge in [0, 0.05) is 40.3 Å². The molecular formula is C52H32S2. The predicted octanol–water partition coefficient (Wildman–Crippen LogP) is 14.2. The molecule has 0 amide bonds. The summed E-state index contributed by atoms with van der Waals surface area (Å²) in [6.45, 7) is 0. The van der Waals surface area contributed by atoms with E-state index >= 15 is 0 Å². The third kappa shape index (κ3) is 4.54. The van der Waals surface area contributed by atoms with Crippen LogP contribution in [-0.4, -0.2) is 0 Å². The maximum atomic E-state index is 2.48. The van der Waals surface area contributed by atoms with Crippen LogP contribution in [0.3, 0.4) is 0 Å². The molecule has 0 N–H and O–H groups in total. The van der Waals surface area contributed by atoms with Crippen molar-refractivity contribution in [2.24, 2.45) is 0 Å². The zero-order chi connectivity index (χ0) is 35.3. The Kier molecular flexibility index (Phi) is 6.60. The number of fused-ring (bicyclic) bond motifs is 11. The highest BCUT2D eigenvalue weighted by molar-refractivity contribution is 7.26. The maximum Gasteiger partial charge on any atom is 0.0362 e. The zero-order valence-corrected chi connectivity index (χ0v) is 31.0. The van der Waals surface area contributed by atoms with Crippen molar-refractivity contribution in [1.82, 2.24) is 0 Å². The standard InChI is InChI=1S/C52H32S2/c1-2-11-32-26-37(21-20-31(32)10-1)51-40-16-5-3-14-38(40)50(39-15-4-6-17-41(39)51)36-13-9-12-33(27-36)34-22-24-47-44(28-34)45-29-35-23-25-48-52(43(35)30-49(45)54-47)42-18-7-8-19-46(42)53-48/h1-3,5,7-30H,4,6H2.